The second kappa shape index (κ2) is 21.6. The van der Waals surface area contributed by atoms with E-state index in [2.05, 4.69) is 56.7 Å². The first-order valence-electron chi connectivity index (χ1n) is 21.3. The predicted molar refractivity (Wildman–Crippen MR) is 232 cm³/mol. The number of carbonyl (C=O) groups excluding carboxylic acids is 6. The number of dihydropyridines is 2. The van der Waals surface area contributed by atoms with E-state index >= 15 is 0 Å². The molecule has 2 aromatic rings. The molecular formula is C40H34Br2Cl2N8O9. The van der Waals surface area contributed by atoms with Gasteiger partial charge in [-0.1, -0.05) is 50.8 Å². The fourth-order valence-corrected chi connectivity index (χ4v) is 6.80. The van der Waals surface area contributed by atoms with Crippen molar-refractivity contribution in [3.05, 3.63) is 72.1 Å². The molecule has 0 aliphatic carbocycles. The second-order valence-corrected chi connectivity index (χ2v) is 14.8. The zero-order valence-electron chi connectivity index (χ0n) is 39.8. The summed E-state index contributed by atoms with van der Waals surface area (Å²) in [6.45, 7) is -1.65. The van der Waals surface area contributed by atoms with E-state index in [-0.39, 0.29) is 80.9 Å². The molecule has 5 rings (SSSR count). The van der Waals surface area contributed by atoms with Crippen LogP contribution in [0.1, 0.15) is 57.4 Å². The van der Waals surface area contributed by atoms with Gasteiger partial charge in [0, 0.05) is 31.5 Å². The molecule has 2 atom stereocenters. The maximum absolute atomic E-state index is 12.2. The molecule has 0 fully saturated rings. The smallest absolute Gasteiger partial charge is 0.414 e. The Labute approximate surface area is 387 Å². The zero-order chi connectivity index (χ0) is 51.9. The van der Waals surface area contributed by atoms with E-state index in [0.717, 1.165) is 5.01 Å². The number of nitrogens with zero attached hydrogens (tertiary/aromatic N) is 7. The van der Waals surface area contributed by atoms with Crippen LogP contribution in [0.25, 0.3) is 0 Å². The lowest BCUT2D eigenvalue weighted by Gasteiger charge is -2.22. The molecule has 61 heavy (non-hydrogen) atoms. The number of benzene rings is 2. The summed E-state index contributed by atoms with van der Waals surface area (Å²) in [6, 6.07) is 7.95. The zero-order valence-corrected chi connectivity index (χ0v) is 36.5. The Morgan fingerprint density at radius 2 is 1.49 bits per heavy atom. The molecule has 0 radical (unpaired) electrons. The Bertz CT molecular complexity index is 2770. The van der Waals surface area contributed by atoms with E-state index in [1.165, 1.54) is 38.1 Å². The average Bonchev–Trinajstić information content (AvgIpc) is 3.24. The number of Topliss-reactive ketones (excluding diaryl/α,β-unsaturated/α-hetero) is 3. The van der Waals surface area contributed by atoms with Gasteiger partial charge in [0.05, 0.1) is 47.0 Å². The van der Waals surface area contributed by atoms with Crippen LogP contribution in [-0.4, -0.2) is 78.2 Å². The van der Waals surface area contributed by atoms with Crippen LogP contribution < -0.4 is 19.8 Å². The number of rotatable bonds is 9. The largest absolute Gasteiger partial charge is 0.450 e. The van der Waals surface area contributed by atoms with Crippen LogP contribution in [0.15, 0.2) is 76.5 Å². The molecule has 0 saturated carbocycles. The van der Waals surface area contributed by atoms with Crippen molar-refractivity contribution in [2.45, 2.75) is 47.4 Å². The van der Waals surface area contributed by atoms with Crippen molar-refractivity contribution >= 4 is 119 Å². The number of imide groups is 1. The lowest BCUT2D eigenvalue weighted by atomic mass is 9.97. The van der Waals surface area contributed by atoms with Gasteiger partial charge in [0.25, 0.3) is 11.8 Å². The molecule has 3 aliphatic rings. The van der Waals surface area contributed by atoms with Gasteiger partial charge in [-0.2, -0.15) is 20.6 Å². The van der Waals surface area contributed by atoms with Gasteiger partial charge < -0.3 is 14.2 Å². The molecule has 17 nitrogen and oxygen atoms in total. The highest BCUT2D eigenvalue weighted by atomic mass is 79.9. The number of hydrazone groups is 1. The minimum Gasteiger partial charge on any atom is -0.450 e. The third-order valence-electron chi connectivity index (χ3n) is 7.72. The van der Waals surface area contributed by atoms with Gasteiger partial charge in [-0.25, -0.2) is 14.8 Å². The number of halogens is 4. The molecule has 0 spiro atoms. The highest BCUT2D eigenvalue weighted by Gasteiger charge is 2.30. The van der Waals surface area contributed by atoms with E-state index in [9.17, 15) is 28.8 Å². The number of nitriles is 2. The normalized spacial score (nSPS) is 18.9. The second-order valence-electron chi connectivity index (χ2n) is 12.3. The Balaban J connectivity index is 0.000000301. The van der Waals surface area contributed by atoms with E-state index < -0.39 is 90.7 Å². The SMILES string of the molecule is [2H]C1=C(C(C)C([2H])([2H])[2H])C(=O)CN=C1Oc1c(Cl)cc(CN=C(C#N)C(=O)NC(=O)OCC)cc1Br.[2H]C1=C(C(C)C([2H])([2H])[2H])C(=O)CN=C1Oc1c(Cl)cc(N2N=C(C#N)C(=O)CC2=O)cc1Br. The molecule has 316 valence electrons. The Hall–Kier alpha value is -5.86. The number of hydrogen-bond acceptors (Lipinski definition) is 15. The Morgan fingerprint density at radius 3 is 1.98 bits per heavy atom. The summed E-state index contributed by atoms with van der Waals surface area (Å²) < 4.78 is 78.3. The first kappa shape index (κ1) is 36.9. The molecule has 0 bridgehead atoms. The molecule has 3 aliphatic heterocycles. The fourth-order valence-electron chi connectivity index (χ4n) is 4.92. The monoisotopic (exact) mass is 1010 g/mol. The van der Waals surface area contributed by atoms with Gasteiger partial charge in [0.1, 0.15) is 25.2 Å². The number of ether oxygens (including phenoxy) is 3. The summed E-state index contributed by atoms with van der Waals surface area (Å²) in [4.78, 5) is 83.4. The molecular weight excluding hydrogens is 967 g/mol. The molecule has 21 heteroatoms. The van der Waals surface area contributed by atoms with Gasteiger partial charge in [-0.15, -0.1) is 0 Å². The summed E-state index contributed by atoms with van der Waals surface area (Å²) in [7, 11) is 0. The van der Waals surface area contributed by atoms with Gasteiger partial charge in [-0.3, -0.25) is 34.3 Å². The van der Waals surface area contributed by atoms with Crippen LogP contribution in [-0.2, 0) is 35.3 Å². The Morgan fingerprint density at radius 1 is 0.934 bits per heavy atom. The first-order valence-corrected chi connectivity index (χ1v) is 19.7. The predicted octanol–water partition coefficient (Wildman–Crippen LogP) is 7.01. The molecule has 3 amide bonds. The van der Waals surface area contributed by atoms with Gasteiger partial charge in [0.15, 0.2) is 23.1 Å². The van der Waals surface area contributed by atoms with Crippen molar-refractivity contribution in [2.75, 3.05) is 24.7 Å². The summed E-state index contributed by atoms with van der Waals surface area (Å²) in [5, 5.41) is 24.7. The number of aliphatic imine (C=N–C) groups is 3. The van der Waals surface area contributed by atoms with Crippen LogP contribution in [0, 0.1) is 34.5 Å². The van der Waals surface area contributed by atoms with E-state index in [4.69, 9.17) is 54.2 Å². The minimum absolute atomic E-state index is 0.0100. The highest BCUT2D eigenvalue weighted by molar-refractivity contribution is 9.11. The highest BCUT2D eigenvalue weighted by Crippen LogP contribution is 2.39. The number of amides is 3. The van der Waals surface area contributed by atoms with Crippen LogP contribution in [0.5, 0.6) is 11.5 Å². The fraction of sp³-hybridized carbons (Fsp3) is 0.300. The first-order chi connectivity index (χ1) is 32.1. The number of anilines is 1. The van der Waals surface area contributed by atoms with Crippen molar-refractivity contribution in [1.82, 2.24) is 5.32 Å². The maximum Gasteiger partial charge on any atom is 0.414 e. The van der Waals surface area contributed by atoms with Crippen LogP contribution >= 0.6 is 55.1 Å². The minimum atomic E-state index is -2.50. The third-order valence-corrected chi connectivity index (χ3v) is 9.46. The summed E-state index contributed by atoms with van der Waals surface area (Å²) in [5.41, 5.74) is -0.812. The van der Waals surface area contributed by atoms with Gasteiger partial charge in [0.2, 0.25) is 29.0 Å². The van der Waals surface area contributed by atoms with Crippen molar-refractivity contribution in [1.29, 1.82) is 10.5 Å². The lowest BCUT2D eigenvalue weighted by molar-refractivity contribution is -0.124. The number of alkyl carbamates (subject to hydrolysis) is 1. The van der Waals surface area contributed by atoms with Gasteiger partial charge in [-0.05, 0) is 80.4 Å². The summed E-state index contributed by atoms with van der Waals surface area (Å²) in [5.74, 6) is -6.45. The van der Waals surface area contributed by atoms with E-state index in [0.29, 0.717) is 10.0 Å². The van der Waals surface area contributed by atoms with Crippen molar-refractivity contribution in [3.8, 4) is 23.6 Å². The summed E-state index contributed by atoms with van der Waals surface area (Å²) in [6.07, 6.45) is -1.54. The topological polar surface area (TPSA) is 242 Å². The van der Waals surface area contributed by atoms with E-state index in [1.807, 2.05) is 5.32 Å². The average molecular weight is 1010 g/mol. The quantitative estimate of drug-likeness (QED) is 0.198. The van der Waals surface area contributed by atoms with Crippen molar-refractivity contribution < 1.29 is 53.9 Å². The molecule has 0 saturated heterocycles. The lowest BCUT2D eigenvalue weighted by Crippen LogP contribution is -2.36. The molecule has 3 heterocycles. The van der Waals surface area contributed by atoms with E-state index in [1.54, 1.807) is 19.1 Å². The molecule has 2 unspecified atom stereocenters. The van der Waals surface area contributed by atoms with Crippen LogP contribution in [0.2, 0.25) is 10.0 Å². The number of nitrogens with one attached hydrogen (secondary N) is 1. The van der Waals surface area contributed by atoms with Crippen LogP contribution in [0.4, 0.5) is 10.5 Å². The number of carbonyl (C=O) groups is 6. The standard InChI is InChI=1S/C21H20BrClN4O5.C19H14BrClN4O4/c1-4-31-21(30)27-20(29)16(8-24)25-9-12-5-14(22)19(15(23)6-12)32-18-7-13(11(2)3)17(28)10-26-18;1-9(2)11-5-17(23-8-16(11)27)29-19-12(20)3-10(4-13(19)21)25-18(28)6-15(26)14(7-22)24-25/h5-7,11H,4,9-10H2,1-3H3,(H,27,29,30);3-5,9H,6,8H2,1-2H3/i2D3,7D;1D3,5D. The maximum atomic E-state index is 12.2. The number of hydrogen-bond donors (Lipinski definition) is 1. The Kier molecular flexibility index (Phi) is 13.1. The van der Waals surface area contributed by atoms with Gasteiger partial charge >= 0.3 is 6.09 Å². The van der Waals surface area contributed by atoms with Crippen molar-refractivity contribution in [3.63, 3.8) is 0 Å². The van der Waals surface area contributed by atoms with Crippen molar-refractivity contribution in [2.24, 2.45) is 31.9 Å². The molecule has 1 N–H and O–H groups in total. The van der Waals surface area contributed by atoms with Crippen LogP contribution in [0.3, 0.4) is 0 Å². The molecule has 0 aromatic heterocycles. The summed E-state index contributed by atoms with van der Waals surface area (Å²) >= 11 is 19.2. The third kappa shape index (κ3) is 12.6. The molecule has 2 aromatic carbocycles. The number of ketones is 3.